The molecule has 0 aromatic rings. The van der Waals surface area contributed by atoms with Gasteiger partial charge in [0.2, 0.25) is 0 Å². The lowest BCUT2D eigenvalue weighted by Gasteiger charge is -2.02. The number of rotatable bonds is 3. The van der Waals surface area contributed by atoms with Crippen LogP contribution in [0, 0.1) is 0 Å². The van der Waals surface area contributed by atoms with E-state index in [4.69, 9.17) is 9.11 Å². The molecule has 6 nitrogen and oxygen atoms in total. The molecule has 0 aromatic carbocycles. The largest absolute Gasteiger partial charge is 0.321 e. The van der Waals surface area contributed by atoms with Crippen LogP contribution in [0.15, 0.2) is 0 Å². The molecule has 9 heteroatoms. The minimum absolute atomic E-state index is 0.247. The summed E-state index contributed by atoms with van der Waals surface area (Å²) >= 11 is 0. The van der Waals surface area contributed by atoms with Gasteiger partial charge < -0.3 is 0 Å². The van der Waals surface area contributed by atoms with Crippen LogP contribution < -0.4 is 0 Å². The van der Waals surface area contributed by atoms with E-state index in [9.17, 15) is 16.8 Å². The zero-order valence-electron chi connectivity index (χ0n) is 5.33. The van der Waals surface area contributed by atoms with Crippen LogP contribution in [0.25, 0.3) is 0 Å². The fourth-order valence-corrected chi connectivity index (χ4v) is 3.78. The van der Waals surface area contributed by atoms with Gasteiger partial charge in [-0.05, 0) is 6.92 Å². The van der Waals surface area contributed by atoms with Gasteiger partial charge in [-0.1, -0.05) is 0 Å². The van der Waals surface area contributed by atoms with Crippen LogP contribution in [0.2, 0.25) is 0 Å². The Morgan fingerprint density at radius 3 is 1.64 bits per heavy atom. The topological polar surface area (TPSA) is 109 Å². The average molecular weight is 222 g/mol. The average Bonchev–Trinajstić information content (AvgIpc) is 1.56. The Morgan fingerprint density at radius 1 is 1.18 bits per heavy atom. The lowest BCUT2D eigenvalue weighted by atomic mass is 11.0. The predicted octanol–water partition coefficient (Wildman–Crippen LogP) is -0.244. The van der Waals surface area contributed by atoms with E-state index in [2.05, 4.69) is 0 Å². The van der Waals surface area contributed by atoms with Gasteiger partial charge in [0.1, 0.15) is 4.58 Å². The summed E-state index contributed by atoms with van der Waals surface area (Å²) in [5.41, 5.74) is 0. The zero-order chi connectivity index (χ0) is 9.28. The highest BCUT2D eigenvalue weighted by Gasteiger charge is 2.24. The van der Waals surface area contributed by atoms with Gasteiger partial charge in [0, 0.05) is 10.8 Å². The van der Waals surface area contributed by atoms with Crippen LogP contribution in [-0.4, -0.2) is 30.5 Å². The Morgan fingerprint density at radius 2 is 1.55 bits per heavy atom. The molecule has 1 atom stereocenters. The molecule has 0 aromatic heterocycles. The maximum absolute atomic E-state index is 10.2. The molecule has 0 spiro atoms. The highest BCUT2D eigenvalue weighted by atomic mass is 33.2. The smallest absolute Gasteiger partial charge is 0.285 e. The summed E-state index contributed by atoms with van der Waals surface area (Å²) < 4.78 is 55.1. The summed E-state index contributed by atoms with van der Waals surface area (Å²) in [4.78, 5) is 0. The summed E-state index contributed by atoms with van der Waals surface area (Å²) in [6.45, 7) is 0.938. The molecule has 11 heavy (non-hydrogen) atoms. The Kier molecular flexibility index (Phi) is 3.32. The second-order valence-corrected chi connectivity index (χ2v) is 7.24. The van der Waals surface area contributed by atoms with E-state index in [-0.39, 0.29) is 10.8 Å². The fourth-order valence-electron chi connectivity index (χ4n) is 0.221. The summed E-state index contributed by atoms with van der Waals surface area (Å²) in [7, 11) is -9.09. The second kappa shape index (κ2) is 3.27. The normalized spacial score (nSPS) is 16.3. The molecule has 0 radical (unpaired) electrons. The SMILES string of the molecule is CC(SS(=O)(=O)O)S(=O)(=O)O. The third kappa shape index (κ3) is 5.44. The Balaban J connectivity index is 4.47. The lowest BCUT2D eigenvalue weighted by molar-refractivity contribution is 0.480. The molecule has 0 rings (SSSR count). The van der Waals surface area contributed by atoms with Crippen molar-refractivity contribution in [3.8, 4) is 0 Å². The molecule has 0 bridgehead atoms. The molecule has 0 aliphatic rings. The van der Waals surface area contributed by atoms with E-state index in [1.807, 2.05) is 0 Å². The van der Waals surface area contributed by atoms with Crippen LogP contribution in [0.4, 0.5) is 0 Å². The highest BCUT2D eigenvalue weighted by Crippen LogP contribution is 2.20. The maximum atomic E-state index is 10.2. The molecular weight excluding hydrogens is 216 g/mol. The maximum Gasteiger partial charge on any atom is 0.321 e. The minimum Gasteiger partial charge on any atom is -0.285 e. The molecule has 0 saturated heterocycles. The molecule has 2 N–H and O–H groups in total. The summed E-state index contributed by atoms with van der Waals surface area (Å²) in [5.74, 6) is 0. The molecule has 1 unspecified atom stereocenters. The van der Waals surface area contributed by atoms with Crippen LogP contribution in [0.5, 0.6) is 0 Å². The van der Waals surface area contributed by atoms with Crippen molar-refractivity contribution in [3.05, 3.63) is 0 Å². The van der Waals surface area contributed by atoms with Crippen LogP contribution in [-0.2, 0) is 19.3 Å². The minimum atomic E-state index is -4.43. The van der Waals surface area contributed by atoms with Crippen LogP contribution in [0.1, 0.15) is 6.92 Å². The molecule has 0 saturated carbocycles. The van der Waals surface area contributed by atoms with Crippen molar-refractivity contribution >= 4 is 30.1 Å². The van der Waals surface area contributed by atoms with Crippen molar-refractivity contribution in [2.45, 2.75) is 11.5 Å². The van der Waals surface area contributed by atoms with Gasteiger partial charge in [-0.25, -0.2) is 0 Å². The third-order valence-electron chi connectivity index (χ3n) is 0.677. The standard InChI is InChI=1S/C2H6O6S3/c1-2(10(3,4)5)9-11(6,7)8/h2H,1H3,(H,3,4,5)(H,6,7,8). The van der Waals surface area contributed by atoms with Crippen molar-refractivity contribution in [1.82, 2.24) is 0 Å². The molecule has 0 fully saturated rings. The van der Waals surface area contributed by atoms with Gasteiger partial charge in [-0.3, -0.25) is 9.11 Å². The van der Waals surface area contributed by atoms with Gasteiger partial charge >= 0.3 is 9.15 Å². The lowest BCUT2D eigenvalue weighted by Crippen LogP contribution is -2.14. The van der Waals surface area contributed by atoms with Crippen molar-refractivity contribution < 1.29 is 25.9 Å². The van der Waals surface area contributed by atoms with E-state index in [0.717, 1.165) is 6.92 Å². The number of hydrogen-bond acceptors (Lipinski definition) is 5. The molecule has 0 amide bonds. The van der Waals surface area contributed by atoms with E-state index in [1.165, 1.54) is 0 Å². The first-order chi connectivity index (χ1) is 4.63. The molecule has 68 valence electrons. The van der Waals surface area contributed by atoms with Gasteiger partial charge in [0.15, 0.2) is 0 Å². The van der Waals surface area contributed by atoms with Crippen LogP contribution >= 0.6 is 10.8 Å². The van der Waals surface area contributed by atoms with Crippen molar-refractivity contribution in [1.29, 1.82) is 0 Å². The first-order valence-corrected chi connectivity index (χ1v) is 6.59. The summed E-state index contributed by atoms with van der Waals surface area (Å²) in [5, 5.41) is 0. The van der Waals surface area contributed by atoms with Crippen molar-refractivity contribution in [2.24, 2.45) is 0 Å². The van der Waals surface area contributed by atoms with Gasteiger partial charge in [-0.15, -0.1) is 0 Å². The fraction of sp³-hybridized carbons (Fsp3) is 1.00. The molecule has 0 aliphatic heterocycles. The van der Waals surface area contributed by atoms with Crippen molar-refractivity contribution in [2.75, 3.05) is 0 Å². The van der Waals surface area contributed by atoms with Gasteiger partial charge in [-0.2, -0.15) is 16.8 Å². The van der Waals surface area contributed by atoms with Gasteiger partial charge in [0.05, 0.1) is 0 Å². The number of hydrogen-bond donors (Lipinski definition) is 2. The monoisotopic (exact) mass is 222 g/mol. The van der Waals surface area contributed by atoms with E-state index < -0.39 is 23.9 Å². The molecular formula is C2H6O6S3. The second-order valence-electron chi connectivity index (χ2n) is 1.61. The first kappa shape index (κ1) is 11.2. The molecule has 0 heterocycles. The van der Waals surface area contributed by atoms with Gasteiger partial charge in [0.25, 0.3) is 10.1 Å². The summed E-state index contributed by atoms with van der Waals surface area (Å²) in [6, 6.07) is 0. The van der Waals surface area contributed by atoms with E-state index in [1.54, 1.807) is 0 Å². The third-order valence-corrected chi connectivity index (χ3v) is 5.01. The highest BCUT2D eigenvalue weighted by molar-refractivity contribution is 8.71. The van der Waals surface area contributed by atoms with Crippen LogP contribution in [0.3, 0.4) is 0 Å². The first-order valence-electron chi connectivity index (χ1n) is 2.25. The van der Waals surface area contributed by atoms with E-state index >= 15 is 0 Å². The zero-order valence-corrected chi connectivity index (χ0v) is 7.78. The Bertz CT molecular complexity index is 310. The Hall–Kier alpha value is 0.170. The van der Waals surface area contributed by atoms with Crippen molar-refractivity contribution in [3.63, 3.8) is 0 Å². The quantitative estimate of drug-likeness (QED) is 0.500. The molecule has 0 aliphatic carbocycles. The predicted molar refractivity (Wildman–Crippen MR) is 40.2 cm³/mol. The Labute approximate surface area is 67.9 Å². The summed E-state index contributed by atoms with van der Waals surface area (Å²) in [6.07, 6.45) is 0. The van der Waals surface area contributed by atoms with E-state index in [0.29, 0.717) is 0 Å².